The van der Waals surface area contributed by atoms with E-state index in [0.29, 0.717) is 6.04 Å². The van der Waals surface area contributed by atoms with Crippen molar-refractivity contribution in [3.63, 3.8) is 0 Å². The van der Waals surface area contributed by atoms with Crippen molar-refractivity contribution in [1.82, 2.24) is 4.90 Å². The number of hydrogen-bond acceptors (Lipinski definition) is 2. The number of hydrogen-bond donors (Lipinski definition) is 0. The topological polar surface area (TPSA) is 29.5 Å². The molecule has 1 rings (SSSR count). The van der Waals surface area contributed by atoms with Gasteiger partial charge < -0.3 is 9.64 Å². The molecule has 0 aromatic carbocycles. The van der Waals surface area contributed by atoms with Gasteiger partial charge in [-0.15, -0.1) is 0 Å². The molecule has 0 aromatic heterocycles. The van der Waals surface area contributed by atoms with Crippen LogP contribution >= 0.6 is 0 Å². The average Bonchev–Trinajstić information content (AvgIpc) is 1.96. The van der Waals surface area contributed by atoms with Crippen LogP contribution in [0, 0.1) is 5.92 Å². The molecule has 0 bridgehead atoms. The molecule has 94 valence electrons. The Hall–Kier alpha value is -0.730. The molecule has 0 radical (unpaired) electrons. The predicted octanol–water partition coefficient (Wildman–Crippen LogP) is 3.43. The first-order valence-corrected chi connectivity index (χ1v) is 6.22. The summed E-state index contributed by atoms with van der Waals surface area (Å²) >= 11 is 0. The molecular weight excluding hydrogens is 202 g/mol. The molecule has 0 aliphatic heterocycles. The van der Waals surface area contributed by atoms with E-state index in [2.05, 4.69) is 6.92 Å². The smallest absolute Gasteiger partial charge is 0.410 e. The Morgan fingerprint density at radius 2 is 1.81 bits per heavy atom. The Balaban J connectivity index is 2.60. The standard InChI is InChI=1S/C13H25NO2/c1-9(2)14(11-7-10(3)8-11)12(15)16-13(4,5)6/h9-11H,7-8H2,1-6H3. The first-order valence-electron chi connectivity index (χ1n) is 6.22. The van der Waals surface area contributed by atoms with Crippen LogP contribution in [0.15, 0.2) is 0 Å². The summed E-state index contributed by atoms with van der Waals surface area (Å²) in [6.07, 6.45) is 2.05. The van der Waals surface area contributed by atoms with Gasteiger partial charge in [0.2, 0.25) is 0 Å². The Morgan fingerprint density at radius 3 is 2.12 bits per heavy atom. The van der Waals surface area contributed by atoms with E-state index in [4.69, 9.17) is 4.74 Å². The quantitative estimate of drug-likeness (QED) is 0.723. The van der Waals surface area contributed by atoms with E-state index in [0.717, 1.165) is 18.8 Å². The van der Waals surface area contributed by atoms with Crippen molar-refractivity contribution in [3.8, 4) is 0 Å². The molecule has 1 aliphatic carbocycles. The van der Waals surface area contributed by atoms with E-state index in [-0.39, 0.29) is 12.1 Å². The number of rotatable bonds is 2. The lowest BCUT2D eigenvalue weighted by atomic mass is 9.80. The van der Waals surface area contributed by atoms with Crippen molar-refractivity contribution in [2.45, 2.75) is 72.1 Å². The van der Waals surface area contributed by atoms with Crippen molar-refractivity contribution in [1.29, 1.82) is 0 Å². The largest absolute Gasteiger partial charge is 0.444 e. The van der Waals surface area contributed by atoms with Crippen molar-refractivity contribution in [2.24, 2.45) is 5.92 Å². The van der Waals surface area contributed by atoms with Gasteiger partial charge in [-0.05, 0) is 53.4 Å². The van der Waals surface area contributed by atoms with Gasteiger partial charge in [0.25, 0.3) is 0 Å². The van der Waals surface area contributed by atoms with E-state index < -0.39 is 5.60 Å². The maximum Gasteiger partial charge on any atom is 0.410 e. The van der Waals surface area contributed by atoms with Gasteiger partial charge in [0, 0.05) is 12.1 Å². The molecule has 3 heteroatoms. The first kappa shape index (κ1) is 13.3. The van der Waals surface area contributed by atoms with Crippen LogP contribution in [0.2, 0.25) is 0 Å². The van der Waals surface area contributed by atoms with Crippen molar-refractivity contribution >= 4 is 6.09 Å². The highest BCUT2D eigenvalue weighted by molar-refractivity contribution is 5.69. The van der Waals surface area contributed by atoms with E-state index in [1.54, 1.807) is 0 Å². The number of nitrogens with zero attached hydrogens (tertiary/aromatic N) is 1. The number of ether oxygens (including phenoxy) is 1. The molecule has 1 saturated carbocycles. The van der Waals surface area contributed by atoms with E-state index in [1.807, 2.05) is 39.5 Å². The SMILES string of the molecule is CC1CC(N(C(=O)OC(C)(C)C)C(C)C)C1. The Bertz CT molecular complexity index is 249. The molecule has 3 nitrogen and oxygen atoms in total. The summed E-state index contributed by atoms with van der Waals surface area (Å²) in [5, 5.41) is 0. The Kier molecular flexibility index (Phi) is 3.87. The highest BCUT2D eigenvalue weighted by atomic mass is 16.6. The molecule has 1 amide bonds. The summed E-state index contributed by atoms with van der Waals surface area (Å²) in [5.41, 5.74) is -0.403. The minimum absolute atomic E-state index is 0.167. The van der Waals surface area contributed by atoms with Gasteiger partial charge in [-0.1, -0.05) is 6.92 Å². The van der Waals surface area contributed by atoms with Gasteiger partial charge in [0.05, 0.1) is 0 Å². The lowest BCUT2D eigenvalue weighted by Gasteiger charge is -2.43. The fourth-order valence-corrected chi connectivity index (χ4v) is 2.18. The zero-order valence-electron chi connectivity index (χ0n) is 11.4. The molecular formula is C13H25NO2. The van der Waals surface area contributed by atoms with Crippen LogP contribution in [0.3, 0.4) is 0 Å². The van der Waals surface area contributed by atoms with Gasteiger partial charge in [-0.3, -0.25) is 0 Å². The lowest BCUT2D eigenvalue weighted by Crippen LogP contribution is -2.52. The van der Waals surface area contributed by atoms with E-state index in [1.165, 1.54) is 0 Å². The zero-order valence-corrected chi connectivity index (χ0v) is 11.4. The van der Waals surface area contributed by atoms with Crippen LogP contribution in [-0.4, -0.2) is 28.7 Å². The lowest BCUT2D eigenvalue weighted by molar-refractivity contribution is -0.00951. The molecule has 16 heavy (non-hydrogen) atoms. The van der Waals surface area contributed by atoms with E-state index in [9.17, 15) is 4.79 Å². The summed E-state index contributed by atoms with van der Waals surface area (Å²) in [6.45, 7) is 12.1. The maximum absolute atomic E-state index is 12.0. The normalized spacial score (nSPS) is 25.2. The Morgan fingerprint density at radius 1 is 1.31 bits per heavy atom. The van der Waals surface area contributed by atoms with Crippen LogP contribution in [-0.2, 0) is 4.74 Å². The third-order valence-electron chi connectivity index (χ3n) is 2.90. The van der Waals surface area contributed by atoms with Gasteiger partial charge in [0.1, 0.15) is 5.60 Å². The zero-order chi connectivity index (χ0) is 12.5. The minimum atomic E-state index is -0.403. The fraction of sp³-hybridized carbons (Fsp3) is 0.923. The summed E-state index contributed by atoms with van der Waals surface area (Å²) < 4.78 is 5.44. The molecule has 0 saturated heterocycles. The van der Waals surface area contributed by atoms with Crippen LogP contribution in [0.25, 0.3) is 0 Å². The summed E-state index contributed by atoms with van der Waals surface area (Å²) in [4.78, 5) is 13.9. The van der Waals surface area contributed by atoms with Crippen LogP contribution in [0.5, 0.6) is 0 Å². The highest BCUT2D eigenvalue weighted by Gasteiger charge is 2.36. The van der Waals surface area contributed by atoms with E-state index >= 15 is 0 Å². The second-order valence-corrected chi connectivity index (χ2v) is 6.21. The van der Waals surface area contributed by atoms with Crippen molar-refractivity contribution < 1.29 is 9.53 Å². The van der Waals surface area contributed by atoms with Gasteiger partial charge in [-0.2, -0.15) is 0 Å². The first-order chi connectivity index (χ1) is 7.20. The third kappa shape index (κ3) is 3.39. The molecule has 0 aromatic rings. The van der Waals surface area contributed by atoms with Crippen molar-refractivity contribution in [2.75, 3.05) is 0 Å². The summed E-state index contributed by atoms with van der Waals surface area (Å²) in [6, 6.07) is 0.595. The number of amides is 1. The van der Waals surface area contributed by atoms with Gasteiger partial charge in [-0.25, -0.2) is 4.79 Å². The van der Waals surface area contributed by atoms with Crippen LogP contribution < -0.4 is 0 Å². The maximum atomic E-state index is 12.0. The molecule has 1 fully saturated rings. The minimum Gasteiger partial charge on any atom is -0.444 e. The second kappa shape index (κ2) is 4.64. The average molecular weight is 227 g/mol. The monoisotopic (exact) mass is 227 g/mol. The molecule has 0 spiro atoms. The molecule has 0 N–H and O–H groups in total. The highest BCUT2D eigenvalue weighted by Crippen LogP contribution is 2.33. The number of carbonyl (C=O) groups is 1. The van der Waals surface area contributed by atoms with Crippen LogP contribution in [0.4, 0.5) is 4.79 Å². The molecule has 1 aliphatic rings. The molecule has 0 atom stereocenters. The Labute approximate surface area is 99.1 Å². The predicted molar refractivity (Wildman–Crippen MR) is 65.4 cm³/mol. The van der Waals surface area contributed by atoms with Crippen LogP contribution in [0.1, 0.15) is 54.4 Å². The summed E-state index contributed by atoms with van der Waals surface area (Å²) in [7, 11) is 0. The number of carbonyl (C=O) groups excluding carboxylic acids is 1. The van der Waals surface area contributed by atoms with Gasteiger partial charge >= 0.3 is 6.09 Å². The fourth-order valence-electron chi connectivity index (χ4n) is 2.18. The van der Waals surface area contributed by atoms with Gasteiger partial charge in [0.15, 0.2) is 0 Å². The third-order valence-corrected chi connectivity index (χ3v) is 2.90. The molecule has 0 heterocycles. The summed E-state index contributed by atoms with van der Waals surface area (Å²) in [5.74, 6) is 0.744. The van der Waals surface area contributed by atoms with Crippen molar-refractivity contribution in [3.05, 3.63) is 0 Å². The second-order valence-electron chi connectivity index (χ2n) is 6.21. The molecule has 0 unspecified atom stereocenters.